The second-order valence-corrected chi connectivity index (χ2v) is 8.51. The molecule has 1 fully saturated rings. The van der Waals surface area contributed by atoms with Crippen molar-refractivity contribution in [1.29, 1.82) is 0 Å². The van der Waals surface area contributed by atoms with Crippen molar-refractivity contribution in [3.05, 3.63) is 29.8 Å². The SMILES string of the molecule is CCCOc1ccc(/C=N/NC(=O)C2CCCN(S(=O)(=O)CC)C2)cc1. The van der Waals surface area contributed by atoms with Crippen LogP contribution in [0, 0.1) is 5.92 Å². The fourth-order valence-corrected chi connectivity index (χ4v) is 3.90. The summed E-state index contributed by atoms with van der Waals surface area (Å²) >= 11 is 0. The summed E-state index contributed by atoms with van der Waals surface area (Å²) in [4.78, 5) is 12.3. The summed E-state index contributed by atoms with van der Waals surface area (Å²) < 4.78 is 30.9. The molecule has 8 heteroatoms. The number of carbonyl (C=O) groups excluding carboxylic acids is 1. The predicted octanol–water partition coefficient (Wildman–Crippen LogP) is 1.99. The summed E-state index contributed by atoms with van der Waals surface area (Å²) in [6.07, 6.45) is 3.86. The molecule has 7 nitrogen and oxygen atoms in total. The lowest BCUT2D eigenvalue weighted by Gasteiger charge is -2.30. The summed E-state index contributed by atoms with van der Waals surface area (Å²) in [5.74, 6) is 0.233. The van der Waals surface area contributed by atoms with E-state index in [0.29, 0.717) is 26.0 Å². The molecule has 1 amide bonds. The molecule has 1 aromatic rings. The third kappa shape index (κ3) is 5.81. The van der Waals surface area contributed by atoms with Gasteiger partial charge >= 0.3 is 0 Å². The highest BCUT2D eigenvalue weighted by atomic mass is 32.2. The van der Waals surface area contributed by atoms with Crippen LogP contribution in [0.1, 0.15) is 38.7 Å². The number of nitrogens with zero attached hydrogens (tertiary/aromatic N) is 2. The molecule has 2 rings (SSSR count). The number of amides is 1. The first kappa shape index (κ1) is 20.4. The zero-order valence-corrected chi connectivity index (χ0v) is 16.2. The van der Waals surface area contributed by atoms with Gasteiger partial charge in [0.2, 0.25) is 15.9 Å². The fourth-order valence-electron chi connectivity index (χ4n) is 2.72. The molecule has 1 saturated heterocycles. The zero-order chi connectivity index (χ0) is 19.0. The summed E-state index contributed by atoms with van der Waals surface area (Å²) in [7, 11) is -3.26. The minimum Gasteiger partial charge on any atom is -0.494 e. The van der Waals surface area contributed by atoms with Crippen LogP contribution >= 0.6 is 0 Å². The van der Waals surface area contributed by atoms with Crippen LogP contribution in [0.2, 0.25) is 0 Å². The Bertz CT molecular complexity index is 716. The maximum atomic E-state index is 12.3. The van der Waals surface area contributed by atoms with Crippen molar-refractivity contribution in [3.8, 4) is 5.75 Å². The lowest BCUT2D eigenvalue weighted by atomic mass is 9.99. The second-order valence-electron chi connectivity index (χ2n) is 6.25. The molecule has 144 valence electrons. The monoisotopic (exact) mass is 381 g/mol. The van der Waals surface area contributed by atoms with E-state index in [4.69, 9.17) is 4.74 Å². The molecule has 0 spiro atoms. The van der Waals surface area contributed by atoms with Crippen molar-refractivity contribution in [1.82, 2.24) is 9.73 Å². The molecule has 0 radical (unpaired) electrons. The number of hydrogen-bond donors (Lipinski definition) is 1. The maximum Gasteiger partial charge on any atom is 0.244 e. The number of nitrogens with one attached hydrogen (secondary N) is 1. The number of hydrogen-bond acceptors (Lipinski definition) is 5. The molecule has 0 bridgehead atoms. The molecule has 1 aromatic carbocycles. The normalized spacial score (nSPS) is 18.8. The molecule has 0 aliphatic carbocycles. The van der Waals surface area contributed by atoms with Crippen molar-refractivity contribution in [3.63, 3.8) is 0 Å². The van der Waals surface area contributed by atoms with Crippen LogP contribution in [0.3, 0.4) is 0 Å². The average molecular weight is 381 g/mol. The highest BCUT2D eigenvalue weighted by Gasteiger charge is 2.31. The lowest BCUT2D eigenvalue weighted by Crippen LogP contribution is -2.45. The Morgan fingerprint density at radius 3 is 2.73 bits per heavy atom. The topological polar surface area (TPSA) is 88.1 Å². The van der Waals surface area contributed by atoms with Gasteiger partial charge in [-0.05, 0) is 56.0 Å². The molecular weight excluding hydrogens is 354 g/mol. The molecule has 0 aromatic heterocycles. The Labute approximate surface area is 155 Å². The number of ether oxygens (including phenoxy) is 1. The molecule has 26 heavy (non-hydrogen) atoms. The number of rotatable bonds is 8. The Morgan fingerprint density at radius 2 is 2.08 bits per heavy atom. The number of benzene rings is 1. The van der Waals surface area contributed by atoms with Crippen LogP contribution in [0.4, 0.5) is 0 Å². The van der Waals surface area contributed by atoms with E-state index in [0.717, 1.165) is 17.7 Å². The van der Waals surface area contributed by atoms with E-state index < -0.39 is 10.0 Å². The number of piperidine rings is 1. The van der Waals surface area contributed by atoms with Crippen LogP contribution in [0.25, 0.3) is 0 Å². The van der Waals surface area contributed by atoms with E-state index in [2.05, 4.69) is 10.5 Å². The zero-order valence-electron chi connectivity index (χ0n) is 15.3. The number of carbonyl (C=O) groups is 1. The Balaban J connectivity index is 1.86. The van der Waals surface area contributed by atoms with Gasteiger partial charge in [-0.1, -0.05) is 6.92 Å². The molecule has 1 atom stereocenters. The largest absolute Gasteiger partial charge is 0.494 e. The maximum absolute atomic E-state index is 12.3. The van der Waals surface area contributed by atoms with Gasteiger partial charge in [0.1, 0.15) is 5.75 Å². The van der Waals surface area contributed by atoms with Crippen LogP contribution in [-0.4, -0.2) is 50.3 Å². The molecular formula is C18H27N3O4S. The minimum absolute atomic E-state index is 0.0530. The van der Waals surface area contributed by atoms with Gasteiger partial charge in [-0.3, -0.25) is 4.79 Å². The smallest absolute Gasteiger partial charge is 0.244 e. The first-order valence-corrected chi connectivity index (χ1v) is 10.6. The first-order valence-electron chi connectivity index (χ1n) is 9.00. The summed E-state index contributed by atoms with van der Waals surface area (Å²) in [5.41, 5.74) is 3.36. The minimum atomic E-state index is -3.26. The molecule has 0 saturated carbocycles. The van der Waals surface area contributed by atoms with E-state index in [1.165, 1.54) is 4.31 Å². The van der Waals surface area contributed by atoms with E-state index in [-0.39, 0.29) is 24.1 Å². The summed E-state index contributed by atoms with van der Waals surface area (Å²) in [5, 5.41) is 3.98. The van der Waals surface area contributed by atoms with Crippen LogP contribution in [0.5, 0.6) is 5.75 Å². The standard InChI is InChI=1S/C18H27N3O4S/c1-3-12-25-17-9-7-15(8-10-17)13-19-20-18(22)16-6-5-11-21(14-16)26(23,24)4-2/h7-10,13,16H,3-6,11-12,14H2,1-2H3,(H,20,22)/b19-13+. The van der Waals surface area contributed by atoms with Crippen molar-refractivity contribution < 1.29 is 17.9 Å². The molecule has 1 N–H and O–H groups in total. The molecule has 1 unspecified atom stereocenters. The third-order valence-electron chi connectivity index (χ3n) is 4.25. The summed E-state index contributed by atoms with van der Waals surface area (Å²) in [6, 6.07) is 7.43. The van der Waals surface area contributed by atoms with Crippen molar-refractivity contribution >= 4 is 22.1 Å². The predicted molar refractivity (Wildman–Crippen MR) is 102 cm³/mol. The van der Waals surface area contributed by atoms with Crippen LogP contribution < -0.4 is 10.2 Å². The van der Waals surface area contributed by atoms with Crippen LogP contribution in [-0.2, 0) is 14.8 Å². The number of hydrazone groups is 1. The third-order valence-corrected chi connectivity index (χ3v) is 6.10. The van der Waals surface area contributed by atoms with Gasteiger partial charge in [-0.2, -0.15) is 5.10 Å². The van der Waals surface area contributed by atoms with Gasteiger partial charge in [0.05, 0.1) is 24.5 Å². The van der Waals surface area contributed by atoms with Gasteiger partial charge in [0.15, 0.2) is 0 Å². The summed E-state index contributed by atoms with van der Waals surface area (Å²) in [6.45, 7) is 5.04. The van der Waals surface area contributed by atoms with Gasteiger partial charge in [-0.25, -0.2) is 18.1 Å². The second kappa shape index (κ2) is 9.68. The van der Waals surface area contributed by atoms with E-state index in [9.17, 15) is 13.2 Å². The Hall–Kier alpha value is -1.93. The van der Waals surface area contributed by atoms with Crippen LogP contribution in [0.15, 0.2) is 29.4 Å². The highest BCUT2D eigenvalue weighted by molar-refractivity contribution is 7.89. The molecule has 1 aliphatic rings. The van der Waals surface area contributed by atoms with Gasteiger partial charge < -0.3 is 4.74 Å². The molecule has 1 aliphatic heterocycles. The molecule has 1 heterocycles. The van der Waals surface area contributed by atoms with Gasteiger partial charge in [0, 0.05) is 13.1 Å². The van der Waals surface area contributed by atoms with Crippen molar-refractivity contribution in [2.24, 2.45) is 11.0 Å². The average Bonchev–Trinajstić information content (AvgIpc) is 2.67. The van der Waals surface area contributed by atoms with E-state index in [1.54, 1.807) is 13.1 Å². The lowest BCUT2D eigenvalue weighted by molar-refractivity contribution is -0.126. The fraction of sp³-hybridized carbons (Fsp3) is 0.556. The Morgan fingerprint density at radius 1 is 1.35 bits per heavy atom. The van der Waals surface area contributed by atoms with Crippen molar-refractivity contribution in [2.45, 2.75) is 33.1 Å². The van der Waals surface area contributed by atoms with Gasteiger partial charge in [-0.15, -0.1) is 0 Å². The van der Waals surface area contributed by atoms with E-state index in [1.807, 2.05) is 31.2 Å². The van der Waals surface area contributed by atoms with E-state index >= 15 is 0 Å². The van der Waals surface area contributed by atoms with Crippen molar-refractivity contribution in [2.75, 3.05) is 25.4 Å². The quantitative estimate of drug-likeness (QED) is 0.551. The first-order chi connectivity index (χ1) is 12.5. The Kier molecular flexibility index (Phi) is 7.59. The highest BCUT2D eigenvalue weighted by Crippen LogP contribution is 2.19. The number of sulfonamides is 1. The van der Waals surface area contributed by atoms with Gasteiger partial charge in [0.25, 0.3) is 0 Å².